The first-order chi connectivity index (χ1) is 20.6. The van der Waals surface area contributed by atoms with Crippen LogP contribution in [-0.2, 0) is 17.6 Å². The summed E-state index contributed by atoms with van der Waals surface area (Å²) in [6.07, 6.45) is 3.57. The van der Waals surface area contributed by atoms with Crippen molar-refractivity contribution < 1.29 is 18.4 Å². The van der Waals surface area contributed by atoms with Crippen LogP contribution in [0.1, 0.15) is 36.9 Å². The molecule has 43 heavy (non-hydrogen) atoms. The average molecular weight is 602 g/mol. The number of benzene rings is 2. The number of hydrogen-bond acceptors (Lipinski definition) is 9. The quantitative estimate of drug-likeness (QED) is 0.244. The van der Waals surface area contributed by atoms with Gasteiger partial charge in [-0.2, -0.15) is 5.10 Å². The van der Waals surface area contributed by atoms with Crippen LogP contribution in [-0.4, -0.2) is 74.8 Å². The molecule has 0 amide bonds. The van der Waals surface area contributed by atoms with Gasteiger partial charge in [-0.25, -0.2) is 14.2 Å². The molecular formula is C31H35N7O4S. The topological polar surface area (TPSA) is 134 Å². The van der Waals surface area contributed by atoms with Gasteiger partial charge in [-0.3, -0.25) is 9.58 Å². The van der Waals surface area contributed by atoms with Gasteiger partial charge in [0.15, 0.2) is 16.9 Å². The van der Waals surface area contributed by atoms with Crippen LogP contribution in [0.2, 0.25) is 0 Å². The van der Waals surface area contributed by atoms with Gasteiger partial charge in [-0.15, -0.1) is 0 Å². The van der Waals surface area contributed by atoms with Crippen molar-refractivity contribution in [3.8, 4) is 22.5 Å². The summed E-state index contributed by atoms with van der Waals surface area (Å²) >= 11 is -1.93. The molecule has 1 unspecified atom stereocenters. The molecule has 11 nitrogen and oxygen atoms in total. The summed E-state index contributed by atoms with van der Waals surface area (Å²) in [6.45, 7) is 9.40. The minimum Gasteiger partial charge on any atom is -0.389 e. The fourth-order valence-corrected chi connectivity index (χ4v) is 6.35. The molecule has 0 bridgehead atoms. The van der Waals surface area contributed by atoms with Gasteiger partial charge in [0.2, 0.25) is 0 Å². The fourth-order valence-electron chi connectivity index (χ4n) is 5.80. The van der Waals surface area contributed by atoms with Crippen LogP contribution in [0.5, 0.6) is 0 Å². The molecule has 0 aliphatic carbocycles. The SMILES string of the molecule is Cc1noc(C)c1-c1ccc2nc(-c3cnn(CC(C)(C)O)c3)nc(N3CCN(CS(=O)O)C[C@@H]3c3ccccc3)c2c1. The molecule has 2 N–H and O–H groups in total. The highest BCUT2D eigenvalue weighted by Crippen LogP contribution is 2.38. The number of piperazine rings is 1. The Hall–Kier alpha value is -3.97. The van der Waals surface area contributed by atoms with Crippen LogP contribution < -0.4 is 4.90 Å². The van der Waals surface area contributed by atoms with Crippen LogP contribution in [0, 0.1) is 13.8 Å². The smallest absolute Gasteiger partial charge is 0.167 e. The lowest BCUT2D eigenvalue weighted by atomic mass is 9.99. The Morgan fingerprint density at radius 1 is 1.07 bits per heavy atom. The molecule has 12 heteroatoms. The molecule has 1 aliphatic rings. The molecule has 0 saturated carbocycles. The third-order valence-electron chi connectivity index (χ3n) is 7.65. The maximum Gasteiger partial charge on any atom is 0.167 e. The van der Waals surface area contributed by atoms with Crippen LogP contribution in [0.15, 0.2) is 65.4 Å². The van der Waals surface area contributed by atoms with E-state index in [0.717, 1.165) is 50.4 Å². The molecule has 1 saturated heterocycles. The van der Waals surface area contributed by atoms with E-state index >= 15 is 0 Å². The normalized spacial score (nSPS) is 17.1. The van der Waals surface area contributed by atoms with Gasteiger partial charge in [0.1, 0.15) is 17.5 Å². The van der Waals surface area contributed by atoms with Crippen LogP contribution in [0.4, 0.5) is 5.82 Å². The molecule has 224 valence electrons. The van der Waals surface area contributed by atoms with Gasteiger partial charge >= 0.3 is 0 Å². The van der Waals surface area contributed by atoms with Crippen LogP contribution in [0.25, 0.3) is 33.4 Å². The number of aromatic nitrogens is 5. The number of hydrogen-bond donors (Lipinski definition) is 2. The maximum atomic E-state index is 11.7. The third kappa shape index (κ3) is 6.23. The second-order valence-electron chi connectivity index (χ2n) is 11.7. The van der Waals surface area contributed by atoms with Gasteiger partial charge in [0, 0.05) is 36.8 Å². The van der Waals surface area contributed by atoms with Crippen molar-refractivity contribution in [2.75, 3.05) is 30.4 Å². The Balaban J connectivity index is 1.51. The van der Waals surface area contributed by atoms with E-state index < -0.39 is 16.7 Å². The predicted octanol–water partition coefficient (Wildman–Crippen LogP) is 4.58. The maximum absolute atomic E-state index is 11.7. The lowest BCUT2D eigenvalue weighted by Crippen LogP contribution is -2.49. The Bertz CT molecular complexity index is 1760. The molecule has 3 aromatic heterocycles. The molecule has 1 fully saturated rings. The lowest BCUT2D eigenvalue weighted by Gasteiger charge is -2.42. The predicted molar refractivity (Wildman–Crippen MR) is 166 cm³/mol. The van der Waals surface area contributed by atoms with Gasteiger partial charge in [-0.1, -0.05) is 41.6 Å². The number of anilines is 1. The minimum absolute atomic E-state index is 0.0868. The zero-order chi connectivity index (χ0) is 30.3. The first kappa shape index (κ1) is 29.1. The molecule has 0 radical (unpaired) electrons. The van der Waals surface area contributed by atoms with Crippen molar-refractivity contribution in [2.24, 2.45) is 0 Å². The first-order valence-corrected chi connectivity index (χ1v) is 15.4. The van der Waals surface area contributed by atoms with Gasteiger partial charge in [0.05, 0.1) is 41.2 Å². The Morgan fingerprint density at radius 3 is 2.56 bits per heavy atom. The highest BCUT2D eigenvalue weighted by molar-refractivity contribution is 7.79. The number of fused-ring (bicyclic) bond motifs is 1. The summed E-state index contributed by atoms with van der Waals surface area (Å²) in [4.78, 5) is 14.4. The van der Waals surface area contributed by atoms with Crippen LogP contribution in [0.3, 0.4) is 0 Å². The highest BCUT2D eigenvalue weighted by atomic mass is 32.2. The highest BCUT2D eigenvalue weighted by Gasteiger charge is 2.32. The van der Waals surface area contributed by atoms with E-state index in [1.54, 1.807) is 24.7 Å². The van der Waals surface area contributed by atoms with Crippen molar-refractivity contribution >= 4 is 27.8 Å². The molecule has 1 aliphatic heterocycles. The van der Waals surface area contributed by atoms with Crippen molar-refractivity contribution in [2.45, 2.75) is 45.9 Å². The Kier molecular flexibility index (Phi) is 7.86. The van der Waals surface area contributed by atoms with E-state index in [0.29, 0.717) is 32.0 Å². The molecule has 6 rings (SSSR count). The number of nitrogens with zero attached hydrogens (tertiary/aromatic N) is 7. The zero-order valence-electron chi connectivity index (χ0n) is 24.6. The molecule has 4 heterocycles. The molecule has 5 aromatic rings. The van der Waals surface area contributed by atoms with E-state index in [-0.39, 0.29) is 11.9 Å². The van der Waals surface area contributed by atoms with E-state index in [9.17, 15) is 13.9 Å². The van der Waals surface area contributed by atoms with E-state index in [1.807, 2.05) is 55.3 Å². The van der Waals surface area contributed by atoms with Crippen molar-refractivity contribution in [3.63, 3.8) is 0 Å². The summed E-state index contributed by atoms with van der Waals surface area (Å²) < 4.78 is 28.5. The zero-order valence-corrected chi connectivity index (χ0v) is 25.5. The summed E-state index contributed by atoms with van der Waals surface area (Å²) in [5.41, 5.74) is 4.40. The standard InChI is InChI=1S/C31H35N7O4S/c1-20-28(21(2)42-35-20)23-10-11-26-25(14-23)30(34-29(33-26)24-15-32-37(16-24)18-31(3,4)39)38-13-12-36(19-43(40)41)17-27(38)22-8-6-5-7-9-22/h5-11,14-16,27,39H,12-13,17-19H2,1-4H3,(H,40,41)/t27-/m1/s1. The summed E-state index contributed by atoms with van der Waals surface area (Å²) in [5, 5.41) is 19.8. The van der Waals surface area contributed by atoms with E-state index in [1.165, 1.54) is 0 Å². The molecule has 2 atom stereocenters. The van der Waals surface area contributed by atoms with Crippen molar-refractivity contribution in [1.82, 2.24) is 29.8 Å². The Morgan fingerprint density at radius 2 is 1.86 bits per heavy atom. The summed E-state index contributed by atoms with van der Waals surface area (Å²) in [6, 6.07) is 16.1. The Labute approximate surface area is 252 Å². The first-order valence-electron chi connectivity index (χ1n) is 14.2. The van der Waals surface area contributed by atoms with Crippen LogP contribution >= 0.6 is 0 Å². The van der Waals surface area contributed by atoms with Crippen molar-refractivity contribution in [1.29, 1.82) is 0 Å². The molecule has 0 spiro atoms. The van der Waals surface area contributed by atoms with Gasteiger partial charge in [0.25, 0.3) is 0 Å². The number of aryl methyl sites for hydroxylation is 2. The lowest BCUT2D eigenvalue weighted by molar-refractivity contribution is 0.0577. The second-order valence-corrected chi connectivity index (χ2v) is 12.6. The number of rotatable bonds is 8. The number of aliphatic hydroxyl groups is 1. The largest absolute Gasteiger partial charge is 0.389 e. The monoisotopic (exact) mass is 601 g/mol. The van der Waals surface area contributed by atoms with E-state index in [4.69, 9.17) is 14.5 Å². The van der Waals surface area contributed by atoms with Gasteiger partial charge < -0.3 is 19.1 Å². The minimum atomic E-state index is -1.93. The fraction of sp³-hybridized carbons (Fsp3) is 0.355. The average Bonchev–Trinajstić information content (AvgIpc) is 3.56. The summed E-state index contributed by atoms with van der Waals surface area (Å²) in [7, 11) is 0. The second kappa shape index (κ2) is 11.6. The summed E-state index contributed by atoms with van der Waals surface area (Å²) in [5.74, 6) is 2.12. The third-order valence-corrected chi connectivity index (χ3v) is 8.24. The molecular weight excluding hydrogens is 566 g/mol. The van der Waals surface area contributed by atoms with E-state index in [2.05, 4.69) is 33.4 Å². The van der Waals surface area contributed by atoms with Crippen molar-refractivity contribution in [3.05, 3.63) is 77.9 Å². The van der Waals surface area contributed by atoms with Gasteiger partial charge in [-0.05, 0) is 51.0 Å². The molecule has 2 aromatic carbocycles.